The number of nitrogens with one attached hydrogen (secondary N) is 2. The van der Waals surface area contributed by atoms with Crippen LogP contribution >= 0.6 is 0 Å². The van der Waals surface area contributed by atoms with Gasteiger partial charge in [-0.05, 0) is 57.5 Å². The average molecular weight is 435 g/mol. The topological polar surface area (TPSA) is 64.7 Å². The zero-order chi connectivity index (χ0) is 22.7. The molecule has 2 aromatic rings. The first-order valence-corrected chi connectivity index (χ1v) is 11.6. The highest BCUT2D eigenvalue weighted by Gasteiger charge is 2.43. The van der Waals surface area contributed by atoms with Gasteiger partial charge in [0.05, 0.1) is 17.9 Å². The van der Waals surface area contributed by atoms with Crippen LogP contribution < -0.4 is 15.5 Å². The van der Waals surface area contributed by atoms with Crippen LogP contribution in [0.2, 0.25) is 0 Å². The zero-order valence-corrected chi connectivity index (χ0v) is 19.4. The predicted molar refractivity (Wildman–Crippen MR) is 130 cm³/mol. The molecular weight excluding hydrogens is 400 g/mol. The molecule has 32 heavy (non-hydrogen) atoms. The maximum absolute atomic E-state index is 13.3. The predicted octanol–water partition coefficient (Wildman–Crippen LogP) is 4.63. The second-order valence-corrected chi connectivity index (χ2v) is 9.48. The first-order chi connectivity index (χ1) is 15.4. The normalized spacial score (nSPS) is 18.2. The number of hydrogen-bond donors (Lipinski definition) is 2. The highest BCUT2D eigenvalue weighted by Crippen LogP contribution is 2.36. The Morgan fingerprint density at radius 1 is 1.09 bits per heavy atom. The molecule has 2 aliphatic rings. The fourth-order valence-corrected chi connectivity index (χ4v) is 4.90. The molecule has 2 aromatic carbocycles. The van der Waals surface area contributed by atoms with Gasteiger partial charge in [-0.1, -0.05) is 49.6 Å². The van der Waals surface area contributed by atoms with E-state index in [4.69, 9.17) is 0 Å². The lowest BCUT2D eigenvalue weighted by Gasteiger charge is -2.42. The summed E-state index contributed by atoms with van der Waals surface area (Å²) in [6, 6.07) is 16.3. The monoisotopic (exact) mass is 434 g/mol. The third kappa shape index (κ3) is 4.51. The summed E-state index contributed by atoms with van der Waals surface area (Å²) in [5, 5.41) is 6.26. The second-order valence-electron chi connectivity index (χ2n) is 9.48. The molecule has 0 aromatic heterocycles. The summed E-state index contributed by atoms with van der Waals surface area (Å²) in [7, 11) is 2.20. The molecule has 1 aliphatic heterocycles. The Bertz CT molecular complexity index is 981. The van der Waals surface area contributed by atoms with Crippen molar-refractivity contribution in [1.29, 1.82) is 0 Å². The lowest BCUT2D eigenvalue weighted by molar-refractivity contribution is -0.125. The van der Waals surface area contributed by atoms with E-state index in [9.17, 15) is 9.59 Å². The Balaban J connectivity index is 1.48. The van der Waals surface area contributed by atoms with Crippen molar-refractivity contribution in [3.05, 3.63) is 54.1 Å². The number of benzene rings is 2. The number of nitrogens with zero attached hydrogens (tertiary/aromatic N) is 2. The van der Waals surface area contributed by atoms with Gasteiger partial charge in [0.1, 0.15) is 5.54 Å². The summed E-state index contributed by atoms with van der Waals surface area (Å²) in [5.41, 5.74) is 2.59. The number of para-hydroxylation sites is 3. The van der Waals surface area contributed by atoms with Gasteiger partial charge >= 0.3 is 0 Å². The van der Waals surface area contributed by atoms with E-state index in [-0.39, 0.29) is 18.4 Å². The largest absolute Gasteiger partial charge is 0.376 e. The summed E-state index contributed by atoms with van der Waals surface area (Å²) in [6.45, 7) is 4.53. The van der Waals surface area contributed by atoms with E-state index >= 15 is 0 Å². The van der Waals surface area contributed by atoms with E-state index in [0.717, 1.165) is 17.9 Å². The van der Waals surface area contributed by atoms with Gasteiger partial charge in [-0.3, -0.25) is 19.4 Å². The van der Waals surface area contributed by atoms with E-state index in [1.165, 1.54) is 37.7 Å². The van der Waals surface area contributed by atoms with Crippen molar-refractivity contribution < 1.29 is 9.59 Å². The quantitative estimate of drug-likeness (QED) is 0.696. The standard InChI is InChI=1S/C26H34N4O2/c1-26(2)25(32)28-22-15-9-10-16-23(22)30(26)24(31)17-27-21-14-8-7-11-19(21)18-29(3)20-12-5-4-6-13-20/h7-11,14-16,20,27H,4-6,12-13,17-18H2,1-3H3,(H,28,32). The van der Waals surface area contributed by atoms with Gasteiger partial charge in [0.2, 0.25) is 11.8 Å². The van der Waals surface area contributed by atoms with E-state index in [2.05, 4.69) is 28.6 Å². The second kappa shape index (κ2) is 9.33. The van der Waals surface area contributed by atoms with Crippen molar-refractivity contribution in [2.75, 3.05) is 29.1 Å². The lowest BCUT2D eigenvalue weighted by Crippen LogP contribution is -2.59. The molecule has 4 rings (SSSR count). The fourth-order valence-electron chi connectivity index (χ4n) is 4.90. The first-order valence-electron chi connectivity index (χ1n) is 11.6. The number of hydrogen-bond acceptors (Lipinski definition) is 4. The molecule has 0 saturated heterocycles. The minimum atomic E-state index is -0.964. The molecule has 1 fully saturated rings. The van der Waals surface area contributed by atoms with Crippen molar-refractivity contribution in [2.45, 2.75) is 64.1 Å². The molecular formula is C26H34N4O2. The molecule has 1 heterocycles. The van der Waals surface area contributed by atoms with E-state index < -0.39 is 5.54 Å². The molecule has 2 amide bonds. The number of amides is 2. The molecule has 0 unspecified atom stereocenters. The van der Waals surface area contributed by atoms with Gasteiger partial charge in [0.25, 0.3) is 0 Å². The molecule has 0 atom stereocenters. The van der Waals surface area contributed by atoms with Crippen LogP contribution in [0.1, 0.15) is 51.5 Å². The zero-order valence-electron chi connectivity index (χ0n) is 19.4. The third-order valence-electron chi connectivity index (χ3n) is 6.82. The first kappa shape index (κ1) is 22.3. The summed E-state index contributed by atoms with van der Waals surface area (Å²) in [5.74, 6) is -0.313. The number of carbonyl (C=O) groups excluding carboxylic acids is 2. The average Bonchev–Trinajstić information content (AvgIpc) is 2.79. The van der Waals surface area contributed by atoms with Crippen LogP contribution in [-0.4, -0.2) is 41.9 Å². The van der Waals surface area contributed by atoms with Crippen molar-refractivity contribution in [1.82, 2.24) is 4.90 Å². The molecule has 1 aliphatic carbocycles. The van der Waals surface area contributed by atoms with Crippen molar-refractivity contribution in [2.24, 2.45) is 0 Å². The van der Waals surface area contributed by atoms with Crippen LogP contribution in [0, 0.1) is 0 Å². The van der Waals surface area contributed by atoms with Crippen LogP contribution in [0.5, 0.6) is 0 Å². The number of anilines is 3. The smallest absolute Gasteiger partial charge is 0.250 e. The van der Waals surface area contributed by atoms with Crippen LogP contribution in [0.25, 0.3) is 0 Å². The lowest BCUT2D eigenvalue weighted by atomic mass is 9.94. The minimum Gasteiger partial charge on any atom is -0.376 e. The van der Waals surface area contributed by atoms with Gasteiger partial charge in [-0.2, -0.15) is 0 Å². The van der Waals surface area contributed by atoms with Gasteiger partial charge in [0, 0.05) is 18.3 Å². The Morgan fingerprint density at radius 2 is 1.78 bits per heavy atom. The Morgan fingerprint density at radius 3 is 2.56 bits per heavy atom. The summed E-state index contributed by atoms with van der Waals surface area (Å²) < 4.78 is 0. The Hall–Kier alpha value is -2.86. The maximum atomic E-state index is 13.3. The van der Waals surface area contributed by atoms with Crippen molar-refractivity contribution >= 4 is 28.9 Å². The minimum absolute atomic E-state index is 0.120. The van der Waals surface area contributed by atoms with Gasteiger partial charge in [-0.25, -0.2) is 0 Å². The van der Waals surface area contributed by atoms with E-state index in [0.29, 0.717) is 11.7 Å². The van der Waals surface area contributed by atoms with Crippen LogP contribution in [-0.2, 0) is 16.1 Å². The summed E-state index contributed by atoms with van der Waals surface area (Å²) >= 11 is 0. The summed E-state index contributed by atoms with van der Waals surface area (Å²) in [6.07, 6.45) is 6.49. The fraction of sp³-hybridized carbons (Fsp3) is 0.462. The number of fused-ring (bicyclic) bond motifs is 1. The number of carbonyl (C=O) groups is 2. The van der Waals surface area contributed by atoms with Gasteiger partial charge in [0.15, 0.2) is 0 Å². The highest BCUT2D eigenvalue weighted by atomic mass is 16.2. The third-order valence-corrected chi connectivity index (χ3v) is 6.82. The molecule has 1 saturated carbocycles. The van der Waals surface area contributed by atoms with E-state index in [1.54, 1.807) is 18.7 Å². The van der Waals surface area contributed by atoms with Crippen molar-refractivity contribution in [3.8, 4) is 0 Å². The van der Waals surface area contributed by atoms with E-state index in [1.807, 2.05) is 42.5 Å². The molecule has 0 bridgehead atoms. The summed E-state index contributed by atoms with van der Waals surface area (Å²) in [4.78, 5) is 30.1. The Labute approximate surface area is 191 Å². The maximum Gasteiger partial charge on any atom is 0.250 e. The molecule has 2 N–H and O–H groups in total. The highest BCUT2D eigenvalue weighted by molar-refractivity contribution is 6.14. The van der Waals surface area contributed by atoms with Crippen LogP contribution in [0.3, 0.4) is 0 Å². The Kier molecular flexibility index (Phi) is 6.51. The molecule has 170 valence electrons. The molecule has 6 nitrogen and oxygen atoms in total. The van der Waals surface area contributed by atoms with Crippen molar-refractivity contribution in [3.63, 3.8) is 0 Å². The molecule has 6 heteroatoms. The molecule has 0 radical (unpaired) electrons. The molecule has 0 spiro atoms. The van der Waals surface area contributed by atoms with Gasteiger partial charge in [-0.15, -0.1) is 0 Å². The van der Waals surface area contributed by atoms with Gasteiger partial charge < -0.3 is 10.6 Å². The van der Waals surface area contributed by atoms with Crippen LogP contribution in [0.4, 0.5) is 17.1 Å². The SMILES string of the molecule is CN(Cc1ccccc1NCC(=O)N1c2ccccc2NC(=O)C1(C)C)C1CCCCC1. The van der Waals surface area contributed by atoms with Crippen LogP contribution in [0.15, 0.2) is 48.5 Å². The number of rotatable bonds is 6.